The molecule has 7 nitrogen and oxygen atoms in total. The molecule has 0 amide bonds. The first-order chi connectivity index (χ1) is 11.0. The van der Waals surface area contributed by atoms with Crippen molar-refractivity contribution in [1.82, 2.24) is 4.98 Å². The number of para-hydroxylation sites is 1. The number of pyridine rings is 1. The van der Waals surface area contributed by atoms with E-state index in [0.717, 1.165) is 17.5 Å². The van der Waals surface area contributed by atoms with Gasteiger partial charge in [0.2, 0.25) is 5.75 Å². The molecule has 7 heteroatoms. The second-order valence-electron chi connectivity index (χ2n) is 4.87. The molecule has 23 heavy (non-hydrogen) atoms. The number of nitrogens with zero attached hydrogens (tertiary/aromatic N) is 2. The Kier molecular flexibility index (Phi) is 3.38. The number of nitro benzene ring substituents is 1. The fourth-order valence-corrected chi connectivity index (χ4v) is 2.24. The molecule has 0 aliphatic carbocycles. The Labute approximate surface area is 129 Å². The van der Waals surface area contributed by atoms with Crippen molar-refractivity contribution in [1.29, 1.82) is 0 Å². The summed E-state index contributed by atoms with van der Waals surface area (Å²) < 4.78 is 0. The second kappa shape index (κ2) is 5.38. The fraction of sp³-hybridized carbons (Fsp3) is 0. The van der Waals surface area contributed by atoms with Crippen LogP contribution in [0, 0.1) is 10.1 Å². The van der Waals surface area contributed by atoms with E-state index in [-0.39, 0.29) is 11.1 Å². The Morgan fingerprint density at radius 3 is 2.57 bits per heavy atom. The molecule has 0 aliphatic rings. The van der Waals surface area contributed by atoms with E-state index in [4.69, 9.17) is 0 Å². The van der Waals surface area contributed by atoms with Gasteiger partial charge in [-0.05, 0) is 18.2 Å². The van der Waals surface area contributed by atoms with Gasteiger partial charge in [-0.25, -0.2) is 0 Å². The molecule has 0 fully saturated rings. The van der Waals surface area contributed by atoms with Crippen molar-refractivity contribution in [3.63, 3.8) is 0 Å². The molecule has 0 bridgehead atoms. The van der Waals surface area contributed by atoms with E-state index in [9.17, 15) is 25.1 Å². The third-order valence-corrected chi connectivity index (χ3v) is 3.38. The van der Waals surface area contributed by atoms with E-state index in [0.29, 0.717) is 5.52 Å². The summed E-state index contributed by atoms with van der Waals surface area (Å²) in [6, 6.07) is 10.7. The minimum atomic E-state index is -0.872. The van der Waals surface area contributed by atoms with Gasteiger partial charge in [0.25, 0.3) is 0 Å². The zero-order valence-electron chi connectivity index (χ0n) is 11.6. The van der Waals surface area contributed by atoms with E-state index in [1.54, 1.807) is 24.3 Å². The summed E-state index contributed by atoms with van der Waals surface area (Å²) >= 11 is 0. The zero-order valence-corrected chi connectivity index (χ0v) is 11.6. The predicted octanol–water partition coefficient (Wildman–Crippen LogP) is 2.79. The van der Waals surface area contributed by atoms with Gasteiger partial charge >= 0.3 is 5.69 Å². The van der Waals surface area contributed by atoms with Crippen molar-refractivity contribution >= 4 is 22.4 Å². The summed E-state index contributed by atoms with van der Waals surface area (Å²) in [5.41, 5.74) is 0.0952. The molecular formula is C16H10N2O5. The number of aromatic nitrogens is 1. The van der Waals surface area contributed by atoms with Crippen LogP contribution in [0.1, 0.15) is 15.9 Å². The summed E-state index contributed by atoms with van der Waals surface area (Å²) in [6.07, 6.45) is 1.36. The van der Waals surface area contributed by atoms with E-state index >= 15 is 0 Å². The standard InChI is InChI=1S/C16H10N2O5/c19-14-7-10(6-13(16(14)21)18(22)23)15(20)11-5-9-3-1-2-4-12(9)17-8-11/h1-8,19,21H. The summed E-state index contributed by atoms with van der Waals surface area (Å²) in [5, 5.41) is 30.7. The van der Waals surface area contributed by atoms with E-state index in [2.05, 4.69) is 4.98 Å². The van der Waals surface area contributed by atoms with E-state index in [1.807, 2.05) is 6.07 Å². The molecule has 2 N–H and O–H groups in total. The van der Waals surface area contributed by atoms with Crippen LogP contribution in [0.4, 0.5) is 5.69 Å². The molecule has 0 spiro atoms. The molecule has 2 aromatic carbocycles. The first kappa shape index (κ1) is 14.5. The lowest BCUT2D eigenvalue weighted by molar-refractivity contribution is -0.386. The molecule has 0 saturated carbocycles. The zero-order chi connectivity index (χ0) is 16.6. The van der Waals surface area contributed by atoms with Gasteiger partial charge in [-0.3, -0.25) is 19.9 Å². The fourth-order valence-electron chi connectivity index (χ4n) is 2.24. The molecule has 1 aromatic heterocycles. The maximum atomic E-state index is 12.5. The van der Waals surface area contributed by atoms with Crippen LogP contribution >= 0.6 is 0 Å². The average molecular weight is 310 g/mol. The molecule has 0 saturated heterocycles. The van der Waals surface area contributed by atoms with E-state index < -0.39 is 27.9 Å². The summed E-state index contributed by atoms with van der Waals surface area (Å²) in [7, 11) is 0. The number of phenolic OH excluding ortho intramolecular Hbond substituents is 2. The van der Waals surface area contributed by atoms with Crippen LogP contribution in [0.3, 0.4) is 0 Å². The van der Waals surface area contributed by atoms with Gasteiger partial charge in [-0.1, -0.05) is 18.2 Å². The number of carbonyl (C=O) groups excluding carboxylic acids is 1. The van der Waals surface area contributed by atoms with Gasteiger partial charge in [0.1, 0.15) is 0 Å². The summed E-state index contributed by atoms with van der Waals surface area (Å²) in [6.45, 7) is 0. The largest absolute Gasteiger partial charge is 0.504 e. The SMILES string of the molecule is O=C(c1cc(O)c(O)c([N+](=O)[O-])c1)c1cnc2ccccc2c1. The van der Waals surface area contributed by atoms with Crippen LogP contribution in [-0.2, 0) is 0 Å². The van der Waals surface area contributed by atoms with Crippen molar-refractivity contribution in [2.75, 3.05) is 0 Å². The number of rotatable bonds is 3. The number of benzene rings is 2. The number of hydrogen-bond acceptors (Lipinski definition) is 6. The van der Waals surface area contributed by atoms with Crippen LogP contribution in [0.25, 0.3) is 10.9 Å². The predicted molar refractivity (Wildman–Crippen MR) is 81.6 cm³/mol. The average Bonchev–Trinajstić information content (AvgIpc) is 2.55. The molecule has 0 aliphatic heterocycles. The minimum absolute atomic E-state index is 0.107. The quantitative estimate of drug-likeness (QED) is 0.333. The van der Waals surface area contributed by atoms with Gasteiger partial charge in [0.15, 0.2) is 11.5 Å². The third-order valence-electron chi connectivity index (χ3n) is 3.38. The molecule has 3 rings (SSSR count). The molecule has 0 radical (unpaired) electrons. The Bertz CT molecular complexity index is 952. The molecule has 0 atom stereocenters. The highest BCUT2D eigenvalue weighted by molar-refractivity contribution is 6.10. The van der Waals surface area contributed by atoms with Crippen LogP contribution in [0.5, 0.6) is 11.5 Å². The lowest BCUT2D eigenvalue weighted by atomic mass is 10.0. The highest BCUT2D eigenvalue weighted by Crippen LogP contribution is 2.36. The lowest BCUT2D eigenvalue weighted by Gasteiger charge is -2.05. The number of carbonyl (C=O) groups is 1. The Hall–Kier alpha value is -3.48. The van der Waals surface area contributed by atoms with Gasteiger partial charge < -0.3 is 10.2 Å². The first-order valence-electron chi connectivity index (χ1n) is 6.57. The van der Waals surface area contributed by atoms with Gasteiger partial charge in [-0.2, -0.15) is 0 Å². The number of phenols is 2. The van der Waals surface area contributed by atoms with Crippen LogP contribution in [0.15, 0.2) is 48.7 Å². The third kappa shape index (κ3) is 2.55. The van der Waals surface area contributed by atoms with Gasteiger partial charge in [0, 0.05) is 28.8 Å². The van der Waals surface area contributed by atoms with Crippen molar-refractivity contribution in [2.24, 2.45) is 0 Å². The topological polar surface area (TPSA) is 114 Å². The van der Waals surface area contributed by atoms with Crippen LogP contribution < -0.4 is 0 Å². The number of ketones is 1. The molecular weight excluding hydrogens is 300 g/mol. The molecule has 3 aromatic rings. The van der Waals surface area contributed by atoms with Crippen molar-refractivity contribution in [2.45, 2.75) is 0 Å². The highest BCUT2D eigenvalue weighted by atomic mass is 16.6. The molecule has 0 unspecified atom stereocenters. The summed E-state index contributed by atoms with van der Waals surface area (Å²) in [5.74, 6) is -2.14. The summed E-state index contributed by atoms with van der Waals surface area (Å²) in [4.78, 5) is 26.6. The van der Waals surface area contributed by atoms with Crippen molar-refractivity contribution in [3.8, 4) is 11.5 Å². The maximum absolute atomic E-state index is 12.5. The van der Waals surface area contributed by atoms with Crippen molar-refractivity contribution < 1.29 is 19.9 Å². The van der Waals surface area contributed by atoms with Gasteiger partial charge in [0.05, 0.1) is 10.4 Å². The number of nitro groups is 1. The Morgan fingerprint density at radius 1 is 1.09 bits per heavy atom. The highest BCUT2D eigenvalue weighted by Gasteiger charge is 2.22. The number of fused-ring (bicyclic) bond motifs is 1. The van der Waals surface area contributed by atoms with E-state index in [1.165, 1.54) is 6.20 Å². The maximum Gasteiger partial charge on any atom is 0.315 e. The Morgan fingerprint density at radius 2 is 1.83 bits per heavy atom. The number of hydrogen-bond donors (Lipinski definition) is 2. The second-order valence-corrected chi connectivity index (χ2v) is 4.87. The lowest BCUT2D eigenvalue weighted by Crippen LogP contribution is -2.03. The van der Waals surface area contributed by atoms with Gasteiger partial charge in [-0.15, -0.1) is 0 Å². The van der Waals surface area contributed by atoms with Crippen LogP contribution in [-0.4, -0.2) is 25.9 Å². The Balaban J connectivity index is 2.10. The first-order valence-corrected chi connectivity index (χ1v) is 6.57. The molecule has 1 heterocycles. The van der Waals surface area contributed by atoms with Crippen LogP contribution in [0.2, 0.25) is 0 Å². The monoisotopic (exact) mass is 310 g/mol. The number of aromatic hydroxyl groups is 2. The van der Waals surface area contributed by atoms with Crippen molar-refractivity contribution in [3.05, 3.63) is 69.9 Å². The minimum Gasteiger partial charge on any atom is -0.504 e. The molecule has 114 valence electrons. The normalized spacial score (nSPS) is 10.6. The smallest absolute Gasteiger partial charge is 0.315 e.